The molecule has 0 spiro atoms. The monoisotopic (exact) mass is 419 g/mol. The molecule has 7 heteroatoms. The number of amides is 1. The largest absolute Gasteiger partial charge is 0.497 e. The van der Waals surface area contributed by atoms with Crippen LogP contribution in [0.2, 0.25) is 0 Å². The van der Waals surface area contributed by atoms with Crippen molar-refractivity contribution in [3.63, 3.8) is 0 Å². The number of fused-ring (bicyclic) bond motifs is 6. The van der Waals surface area contributed by atoms with Gasteiger partial charge in [-0.15, -0.1) is 0 Å². The minimum atomic E-state index is 0.115. The third kappa shape index (κ3) is 3.57. The van der Waals surface area contributed by atoms with E-state index in [-0.39, 0.29) is 18.0 Å². The minimum Gasteiger partial charge on any atom is -0.497 e. The molecule has 1 aromatic carbocycles. The van der Waals surface area contributed by atoms with Gasteiger partial charge >= 0.3 is 0 Å². The number of hydrogen-bond donors (Lipinski definition) is 1. The molecule has 7 nitrogen and oxygen atoms in total. The second kappa shape index (κ2) is 7.96. The summed E-state index contributed by atoms with van der Waals surface area (Å²) in [5.74, 6) is 0.946. The van der Waals surface area contributed by atoms with Gasteiger partial charge in [-0.2, -0.15) is 5.10 Å². The molecule has 162 valence electrons. The van der Waals surface area contributed by atoms with Crippen molar-refractivity contribution in [1.82, 2.24) is 24.8 Å². The number of ether oxygens (including phenoxy) is 1. The van der Waals surface area contributed by atoms with Gasteiger partial charge in [-0.25, -0.2) is 9.50 Å². The van der Waals surface area contributed by atoms with Crippen molar-refractivity contribution in [2.75, 3.05) is 13.7 Å². The number of carbonyl (C=O) groups excluding carboxylic acids is 1. The van der Waals surface area contributed by atoms with Gasteiger partial charge in [-0.3, -0.25) is 9.69 Å². The van der Waals surface area contributed by atoms with Gasteiger partial charge in [-0.05, 0) is 50.5 Å². The van der Waals surface area contributed by atoms with E-state index in [0.717, 1.165) is 48.3 Å². The van der Waals surface area contributed by atoms with E-state index in [1.54, 1.807) is 7.11 Å². The average molecular weight is 420 g/mol. The van der Waals surface area contributed by atoms with Crippen molar-refractivity contribution in [2.24, 2.45) is 0 Å². The second-order valence-electron chi connectivity index (χ2n) is 8.69. The summed E-state index contributed by atoms with van der Waals surface area (Å²) in [4.78, 5) is 19.6. The van der Waals surface area contributed by atoms with Crippen LogP contribution < -0.4 is 10.1 Å². The highest BCUT2D eigenvalue weighted by Gasteiger charge is 2.42. The summed E-state index contributed by atoms with van der Waals surface area (Å²) in [6.45, 7) is 4.59. The number of nitrogens with one attached hydrogen (secondary N) is 1. The highest BCUT2D eigenvalue weighted by molar-refractivity contribution is 5.78. The lowest BCUT2D eigenvalue weighted by molar-refractivity contribution is -0.123. The SMILES string of the molecule is CC[C@H](C)NC(=O)CN1[C@H]2CC[C@H]1c1cnc3cc(-c4ccc(OC)cc4)nn3c1C2. The molecule has 1 N–H and O–H groups in total. The van der Waals surface area contributed by atoms with E-state index in [2.05, 4.69) is 24.1 Å². The normalized spacial score (nSPS) is 21.1. The maximum atomic E-state index is 12.5. The van der Waals surface area contributed by atoms with Crippen LogP contribution >= 0.6 is 0 Å². The van der Waals surface area contributed by atoms with Gasteiger partial charge in [-0.1, -0.05) is 6.92 Å². The summed E-state index contributed by atoms with van der Waals surface area (Å²) in [5.41, 5.74) is 5.26. The molecule has 0 aliphatic carbocycles. The van der Waals surface area contributed by atoms with Crippen LogP contribution in [0.15, 0.2) is 36.5 Å². The zero-order valence-corrected chi connectivity index (χ0v) is 18.3. The van der Waals surface area contributed by atoms with Crippen LogP contribution in [0.4, 0.5) is 0 Å². The predicted octanol–water partition coefficient (Wildman–Crippen LogP) is 3.38. The third-order valence-electron chi connectivity index (χ3n) is 6.78. The molecule has 0 radical (unpaired) electrons. The third-order valence-corrected chi connectivity index (χ3v) is 6.78. The first-order valence-electron chi connectivity index (χ1n) is 11.1. The Kier molecular flexibility index (Phi) is 5.14. The lowest BCUT2D eigenvalue weighted by Gasteiger charge is -2.35. The fourth-order valence-electron chi connectivity index (χ4n) is 4.92. The van der Waals surface area contributed by atoms with Crippen molar-refractivity contribution in [3.8, 4) is 17.0 Å². The molecule has 2 aromatic heterocycles. The summed E-state index contributed by atoms with van der Waals surface area (Å²) in [7, 11) is 1.67. The van der Waals surface area contributed by atoms with Crippen LogP contribution in [0.3, 0.4) is 0 Å². The second-order valence-corrected chi connectivity index (χ2v) is 8.69. The maximum Gasteiger partial charge on any atom is 0.234 e. The molecular weight excluding hydrogens is 390 g/mol. The zero-order chi connectivity index (χ0) is 21.5. The van der Waals surface area contributed by atoms with Gasteiger partial charge in [0.1, 0.15) is 5.75 Å². The molecule has 4 heterocycles. The number of benzene rings is 1. The van der Waals surface area contributed by atoms with E-state index in [0.29, 0.717) is 12.6 Å². The van der Waals surface area contributed by atoms with E-state index in [1.807, 2.05) is 41.0 Å². The lowest BCUT2D eigenvalue weighted by atomic mass is 9.99. The van der Waals surface area contributed by atoms with E-state index >= 15 is 0 Å². The molecule has 1 saturated heterocycles. The molecule has 2 aliphatic heterocycles. The lowest BCUT2D eigenvalue weighted by Crippen LogP contribution is -2.46. The van der Waals surface area contributed by atoms with Gasteiger partial charge < -0.3 is 10.1 Å². The Morgan fingerprint density at radius 3 is 2.84 bits per heavy atom. The van der Waals surface area contributed by atoms with E-state index in [9.17, 15) is 4.79 Å². The summed E-state index contributed by atoms with van der Waals surface area (Å²) in [5, 5.41) is 8.01. The summed E-state index contributed by atoms with van der Waals surface area (Å²) < 4.78 is 7.27. The Bertz CT molecular complexity index is 1110. The topological polar surface area (TPSA) is 71.8 Å². The van der Waals surface area contributed by atoms with E-state index in [1.165, 1.54) is 11.3 Å². The van der Waals surface area contributed by atoms with Crippen LogP contribution in [0.5, 0.6) is 5.75 Å². The Morgan fingerprint density at radius 1 is 1.29 bits per heavy atom. The molecule has 3 atom stereocenters. The fraction of sp³-hybridized carbons (Fsp3) is 0.458. The van der Waals surface area contributed by atoms with Crippen LogP contribution in [0.1, 0.15) is 50.4 Å². The highest BCUT2D eigenvalue weighted by atomic mass is 16.5. The van der Waals surface area contributed by atoms with E-state index in [4.69, 9.17) is 14.8 Å². The average Bonchev–Trinajstić information content (AvgIpc) is 3.33. The molecule has 2 aliphatic rings. The van der Waals surface area contributed by atoms with Crippen LogP contribution in [-0.4, -0.2) is 51.1 Å². The number of methoxy groups -OCH3 is 1. The van der Waals surface area contributed by atoms with Crippen molar-refractivity contribution >= 4 is 11.6 Å². The van der Waals surface area contributed by atoms with Crippen LogP contribution in [-0.2, 0) is 11.2 Å². The van der Waals surface area contributed by atoms with Crippen molar-refractivity contribution in [3.05, 3.63) is 47.8 Å². The van der Waals surface area contributed by atoms with Crippen LogP contribution in [0.25, 0.3) is 16.9 Å². The zero-order valence-electron chi connectivity index (χ0n) is 18.3. The fourth-order valence-corrected chi connectivity index (χ4v) is 4.92. The number of carbonyl (C=O) groups is 1. The summed E-state index contributed by atoms with van der Waals surface area (Å²) in [6.07, 6.45) is 6.00. The van der Waals surface area contributed by atoms with Crippen molar-refractivity contribution < 1.29 is 9.53 Å². The van der Waals surface area contributed by atoms with Crippen molar-refractivity contribution in [1.29, 1.82) is 0 Å². The smallest absolute Gasteiger partial charge is 0.234 e. The summed E-state index contributed by atoms with van der Waals surface area (Å²) in [6, 6.07) is 10.8. The predicted molar refractivity (Wildman–Crippen MR) is 119 cm³/mol. The first-order chi connectivity index (χ1) is 15.1. The molecule has 1 fully saturated rings. The van der Waals surface area contributed by atoms with Crippen LogP contribution in [0, 0.1) is 0 Å². The summed E-state index contributed by atoms with van der Waals surface area (Å²) >= 11 is 0. The number of hydrogen-bond acceptors (Lipinski definition) is 5. The highest BCUT2D eigenvalue weighted by Crippen LogP contribution is 2.43. The molecule has 31 heavy (non-hydrogen) atoms. The molecular formula is C24H29N5O2. The quantitative estimate of drug-likeness (QED) is 0.663. The molecule has 3 aromatic rings. The van der Waals surface area contributed by atoms with Gasteiger partial charge in [0.25, 0.3) is 0 Å². The molecule has 0 saturated carbocycles. The molecule has 1 amide bonds. The first kappa shape index (κ1) is 20.0. The van der Waals surface area contributed by atoms with Crippen molar-refractivity contribution in [2.45, 2.75) is 57.7 Å². The van der Waals surface area contributed by atoms with Gasteiger partial charge in [0.15, 0.2) is 5.65 Å². The number of nitrogens with zero attached hydrogens (tertiary/aromatic N) is 4. The van der Waals surface area contributed by atoms with Gasteiger partial charge in [0.2, 0.25) is 5.91 Å². The molecule has 2 bridgehead atoms. The standard InChI is InChI=1S/C24H29N5O2/c1-4-15(2)26-24(30)14-28-17-7-10-21(28)19-13-25-23-12-20(27-29(23)22(19)11-17)16-5-8-18(31-3)9-6-16/h5-6,8-9,12-13,15,17,21H,4,7,10-11,14H2,1-3H3,(H,26,30)/t15-,17-,21-/m0/s1. The Morgan fingerprint density at radius 2 is 2.10 bits per heavy atom. The van der Waals surface area contributed by atoms with Gasteiger partial charge in [0, 0.05) is 47.9 Å². The number of rotatable bonds is 6. The first-order valence-corrected chi connectivity index (χ1v) is 11.1. The Balaban J connectivity index is 1.44. The Labute approximate surface area is 182 Å². The number of aromatic nitrogens is 3. The molecule has 5 rings (SSSR count). The maximum absolute atomic E-state index is 12.5. The Hall–Kier alpha value is -2.93. The van der Waals surface area contributed by atoms with Gasteiger partial charge in [0.05, 0.1) is 25.0 Å². The minimum absolute atomic E-state index is 0.115. The molecule has 0 unspecified atom stereocenters. The van der Waals surface area contributed by atoms with E-state index < -0.39 is 0 Å².